The Morgan fingerprint density at radius 1 is 1.08 bits per heavy atom. The van der Waals surface area contributed by atoms with E-state index in [4.69, 9.17) is 4.98 Å². The molecule has 25 heavy (non-hydrogen) atoms. The van der Waals surface area contributed by atoms with Crippen LogP contribution in [0, 0.1) is 12.8 Å². The summed E-state index contributed by atoms with van der Waals surface area (Å²) in [5, 5.41) is 4.57. The molecule has 0 radical (unpaired) electrons. The molecule has 0 aromatic carbocycles. The predicted molar refractivity (Wildman–Crippen MR) is 94.9 cm³/mol. The molecular weight excluding hydrogens is 314 g/mol. The predicted octanol–water partition coefficient (Wildman–Crippen LogP) is 2.23. The molecule has 1 aliphatic heterocycles. The standard InChI is InChI=1S/C19H23N5O/c1-12-8-17(21-19(20-12)15-4-5-15)23-9-13(10-23)11-24-18(25)7-6-16(22-24)14-2-3-14/h6-8,13-15H,2-5,9-11H2,1H3. The van der Waals surface area contributed by atoms with Crippen molar-refractivity contribution in [2.24, 2.45) is 5.92 Å². The molecule has 2 aliphatic carbocycles. The Kier molecular flexibility index (Phi) is 3.40. The molecule has 0 spiro atoms. The minimum Gasteiger partial charge on any atom is -0.356 e. The lowest BCUT2D eigenvalue weighted by atomic mass is 10.00. The first kappa shape index (κ1) is 15.0. The summed E-state index contributed by atoms with van der Waals surface area (Å²) in [5.74, 6) is 3.66. The third-order valence-corrected chi connectivity index (χ3v) is 5.40. The van der Waals surface area contributed by atoms with Crippen molar-refractivity contribution in [1.29, 1.82) is 0 Å². The topological polar surface area (TPSA) is 63.9 Å². The number of nitrogens with zero attached hydrogens (tertiary/aromatic N) is 5. The van der Waals surface area contributed by atoms with Gasteiger partial charge in [-0.2, -0.15) is 5.10 Å². The van der Waals surface area contributed by atoms with Gasteiger partial charge in [-0.05, 0) is 38.7 Å². The minimum absolute atomic E-state index is 0.0109. The minimum atomic E-state index is 0.0109. The highest BCUT2D eigenvalue weighted by molar-refractivity contribution is 5.43. The molecule has 0 N–H and O–H groups in total. The fraction of sp³-hybridized carbons (Fsp3) is 0.579. The summed E-state index contributed by atoms with van der Waals surface area (Å²) in [6.45, 7) is 4.61. The van der Waals surface area contributed by atoms with Crippen LogP contribution in [0.5, 0.6) is 0 Å². The van der Waals surface area contributed by atoms with Crippen LogP contribution in [0.15, 0.2) is 23.0 Å². The van der Waals surface area contributed by atoms with Crippen LogP contribution in [0.2, 0.25) is 0 Å². The number of aromatic nitrogens is 4. The molecule has 3 heterocycles. The smallest absolute Gasteiger partial charge is 0.266 e. The van der Waals surface area contributed by atoms with Crippen LogP contribution in [0.25, 0.3) is 0 Å². The first-order chi connectivity index (χ1) is 12.2. The van der Waals surface area contributed by atoms with Gasteiger partial charge in [0.05, 0.1) is 12.2 Å². The van der Waals surface area contributed by atoms with E-state index >= 15 is 0 Å². The maximum atomic E-state index is 12.1. The third-order valence-electron chi connectivity index (χ3n) is 5.40. The Hall–Kier alpha value is -2.24. The molecule has 3 aliphatic rings. The van der Waals surface area contributed by atoms with Crippen molar-refractivity contribution in [3.05, 3.63) is 45.8 Å². The van der Waals surface area contributed by atoms with Gasteiger partial charge in [-0.15, -0.1) is 0 Å². The van der Waals surface area contributed by atoms with Crippen LogP contribution in [0.3, 0.4) is 0 Å². The molecule has 6 heteroatoms. The quantitative estimate of drug-likeness (QED) is 0.837. The molecule has 0 unspecified atom stereocenters. The van der Waals surface area contributed by atoms with E-state index in [2.05, 4.69) is 21.0 Å². The summed E-state index contributed by atoms with van der Waals surface area (Å²) < 4.78 is 1.66. The van der Waals surface area contributed by atoms with Crippen molar-refractivity contribution in [1.82, 2.24) is 19.7 Å². The van der Waals surface area contributed by atoms with E-state index in [1.54, 1.807) is 10.7 Å². The van der Waals surface area contributed by atoms with Gasteiger partial charge in [0.15, 0.2) is 0 Å². The number of hydrogen-bond donors (Lipinski definition) is 0. The van der Waals surface area contributed by atoms with Gasteiger partial charge in [0.1, 0.15) is 11.6 Å². The summed E-state index contributed by atoms with van der Waals surface area (Å²) >= 11 is 0. The Labute approximate surface area is 146 Å². The fourth-order valence-electron chi connectivity index (χ4n) is 3.57. The SMILES string of the molecule is Cc1cc(N2CC(Cn3nc(C4CC4)ccc3=O)C2)nc(C2CC2)n1. The van der Waals surface area contributed by atoms with Crippen LogP contribution < -0.4 is 10.5 Å². The first-order valence-electron chi connectivity index (χ1n) is 9.34. The van der Waals surface area contributed by atoms with E-state index in [1.807, 2.05) is 13.0 Å². The number of aryl methyl sites for hydroxylation is 1. The summed E-state index contributed by atoms with van der Waals surface area (Å²) in [7, 11) is 0. The zero-order valence-electron chi connectivity index (χ0n) is 14.6. The fourth-order valence-corrected chi connectivity index (χ4v) is 3.57. The molecule has 2 aromatic heterocycles. The Morgan fingerprint density at radius 2 is 1.84 bits per heavy atom. The van der Waals surface area contributed by atoms with Crippen molar-refractivity contribution < 1.29 is 0 Å². The van der Waals surface area contributed by atoms with E-state index in [9.17, 15) is 4.79 Å². The molecule has 2 saturated carbocycles. The zero-order chi connectivity index (χ0) is 17.0. The van der Waals surface area contributed by atoms with Crippen molar-refractivity contribution in [2.45, 2.75) is 51.0 Å². The third kappa shape index (κ3) is 3.05. The lowest BCUT2D eigenvalue weighted by molar-refractivity contribution is 0.331. The van der Waals surface area contributed by atoms with Crippen molar-refractivity contribution >= 4 is 5.82 Å². The van der Waals surface area contributed by atoms with E-state index in [0.717, 1.165) is 36.1 Å². The van der Waals surface area contributed by atoms with E-state index < -0.39 is 0 Å². The Balaban J connectivity index is 1.26. The van der Waals surface area contributed by atoms with Gasteiger partial charge < -0.3 is 4.90 Å². The number of rotatable bonds is 5. The van der Waals surface area contributed by atoms with Crippen LogP contribution in [0.4, 0.5) is 5.82 Å². The second kappa shape index (κ2) is 5.64. The first-order valence-corrected chi connectivity index (χ1v) is 9.34. The lowest BCUT2D eigenvalue weighted by Gasteiger charge is -2.40. The second-order valence-corrected chi connectivity index (χ2v) is 7.82. The second-order valence-electron chi connectivity index (χ2n) is 7.82. The molecule has 0 amide bonds. The van der Waals surface area contributed by atoms with Gasteiger partial charge in [-0.3, -0.25) is 4.79 Å². The highest BCUT2D eigenvalue weighted by atomic mass is 16.1. The molecule has 0 bridgehead atoms. The maximum absolute atomic E-state index is 12.1. The average molecular weight is 337 g/mol. The molecule has 5 rings (SSSR count). The van der Waals surface area contributed by atoms with Crippen molar-refractivity contribution in [3.63, 3.8) is 0 Å². The van der Waals surface area contributed by atoms with Crippen LogP contribution >= 0.6 is 0 Å². The number of hydrogen-bond acceptors (Lipinski definition) is 5. The average Bonchev–Trinajstić information content (AvgIpc) is 3.44. The molecule has 6 nitrogen and oxygen atoms in total. The normalized spacial score (nSPS) is 20.6. The van der Waals surface area contributed by atoms with Crippen molar-refractivity contribution in [3.8, 4) is 0 Å². The van der Waals surface area contributed by atoms with Gasteiger partial charge in [-0.1, -0.05) is 0 Å². The molecule has 3 fully saturated rings. The molecular formula is C19H23N5O. The zero-order valence-corrected chi connectivity index (χ0v) is 14.6. The van der Waals surface area contributed by atoms with E-state index in [-0.39, 0.29) is 5.56 Å². The Morgan fingerprint density at radius 3 is 2.56 bits per heavy atom. The Bertz CT molecular complexity index is 862. The highest BCUT2D eigenvalue weighted by Crippen LogP contribution is 2.39. The maximum Gasteiger partial charge on any atom is 0.266 e. The van der Waals surface area contributed by atoms with Crippen LogP contribution in [0.1, 0.15) is 54.7 Å². The molecule has 2 aromatic rings. The van der Waals surface area contributed by atoms with Crippen molar-refractivity contribution in [2.75, 3.05) is 18.0 Å². The largest absolute Gasteiger partial charge is 0.356 e. The molecule has 1 saturated heterocycles. The lowest BCUT2D eigenvalue weighted by Crippen LogP contribution is -2.50. The van der Waals surface area contributed by atoms with Gasteiger partial charge in [-0.25, -0.2) is 14.6 Å². The van der Waals surface area contributed by atoms with Crippen LogP contribution in [-0.2, 0) is 6.54 Å². The summed E-state index contributed by atoms with van der Waals surface area (Å²) in [6, 6.07) is 5.64. The summed E-state index contributed by atoms with van der Waals surface area (Å²) in [6.07, 6.45) is 4.85. The van der Waals surface area contributed by atoms with Gasteiger partial charge in [0.2, 0.25) is 0 Å². The molecule has 130 valence electrons. The molecule has 0 atom stereocenters. The summed E-state index contributed by atoms with van der Waals surface area (Å²) in [5.41, 5.74) is 2.14. The highest BCUT2D eigenvalue weighted by Gasteiger charge is 2.32. The summed E-state index contributed by atoms with van der Waals surface area (Å²) in [4.78, 5) is 23.7. The monoisotopic (exact) mass is 337 g/mol. The number of anilines is 1. The van der Waals surface area contributed by atoms with E-state index in [0.29, 0.717) is 24.3 Å². The van der Waals surface area contributed by atoms with E-state index in [1.165, 1.54) is 25.7 Å². The van der Waals surface area contributed by atoms with Gasteiger partial charge in [0, 0.05) is 48.7 Å². The van der Waals surface area contributed by atoms with Gasteiger partial charge >= 0.3 is 0 Å². The van der Waals surface area contributed by atoms with Crippen LogP contribution in [-0.4, -0.2) is 32.8 Å². The van der Waals surface area contributed by atoms with Gasteiger partial charge in [0.25, 0.3) is 5.56 Å².